The van der Waals surface area contributed by atoms with Gasteiger partial charge in [0.15, 0.2) is 0 Å². The van der Waals surface area contributed by atoms with Crippen LogP contribution in [0, 0.1) is 12.9 Å². The molecular formula is C13H14FN3. The number of hydrogen-bond donors (Lipinski definition) is 0. The maximum absolute atomic E-state index is 12.7. The summed E-state index contributed by atoms with van der Waals surface area (Å²) in [6, 6.07) is 3.93. The Morgan fingerprint density at radius 2 is 1.82 bits per heavy atom. The van der Waals surface area contributed by atoms with E-state index in [4.69, 9.17) is 0 Å². The summed E-state index contributed by atoms with van der Waals surface area (Å²) in [6.07, 6.45) is 2.49. The highest BCUT2D eigenvalue weighted by atomic mass is 19.1. The second-order valence-electron chi connectivity index (χ2n) is 4.25. The van der Waals surface area contributed by atoms with Crippen molar-refractivity contribution in [3.63, 3.8) is 0 Å². The SMILES string of the molecule is Cc1nc(-c2cnc(F)cn2)ccc1C(C)C. The average molecular weight is 231 g/mol. The molecule has 0 bridgehead atoms. The van der Waals surface area contributed by atoms with E-state index in [0.717, 1.165) is 17.6 Å². The molecule has 2 aromatic rings. The third kappa shape index (κ3) is 2.46. The molecule has 0 fully saturated rings. The molecule has 0 aromatic carbocycles. The van der Waals surface area contributed by atoms with Crippen molar-refractivity contribution in [3.05, 3.63) is 41.7 Å². The van der Waals surface area contributed by atoms with Gasteiger partial charge < -0.3 is 0 Å². The number of nitrogens with zero attached hydrogens (tertiary/aromatic N) is 3. The van der Waals surface area contributed by atoms with Crippen LogP contribution < -0.4 is 0 Å². The van der Waals surface area contributed by atoms with Crippen LogP contribution in [0.3, 0.4) is 0 Å². The molecule has 0 aliphatic rings. The molecule has 3 nitrogen and oxygen atoms in total. The lowest BCUT2D eigenvalue weighted by Gasteiger charge is -2.09. The van der Waals surface area contributed by atoms with E-state index in [0.29, 0.717) is 11.6 Å². The summed E-state index contributed by atoms with van der Waals surface area (Å²) in [4.78, 5) is 12.0. The fourth-order valence-corrected chi connectivity index (χ4v) is 1.77. The third-order valence-electron chi connectivity index (χ3n) is 2.63. The number of hydrogen-bond acceptors (Lipinski definition) is 3. The van der Waals surface area contributed by atoms with Crippen molar-refractivity contribution in [2.75, 3.05) is 0 Å². The van der Waals surface area contributed by atoms with Gasteiger partial charge in [-0.25, -0.2) is 9.97 Å². The topological polar surface area (TPSA) is 38.7 Å². The van der Waals surface area contributed by atoms with Crippen LogP contribution in [0.4, 0.5) is 4.39 Å². The Morgan fingerprint density at radius 3 is 2.35 bits per heavy atom. The Kier molecular flexibility index (Phi) is 3.13. The van der Waals surface area contributed by atoms with E-state index in [1.807, 2.05) is 19.1 Å². The smallest absolute Gasteiger partial charge is 0.231 e. The van der Waals surface area contributed by atoms with Crippen LogP contribution in [0.2, 0.25) is 0 Å². The van der Waals surface area contributed by atoms with Crippen molar-refractivity contribution < 1.29 is 4.39 Å². The summed E-state index contributed by atoms with van der Waals surface area (Å²) in [5.41, 5.74) is 3.50. The molecule has 0 spiro atoms. The monoisotopic (exact) mass is 231 g/mol. The molecule has 0 unspecified atom stereocenters. The minimum absolute atomic E-state index is 0.441. The van der Waals surface area contributed by atoms with Gasteiger partial charge in [-0.2, -0.15) is 4.39 Å². The molecule has 2 aromatic heterocycles. The lowest BCUT2D eigenvalue weighted by atomic mass is 10.0. The molecule has 2 rings (SSSR count). The fraction of sp³-hybridized carbons (Fsp3) is 0.308. The normalized spacial score (nSPS) is 10.9. The maximum atomic E-state index is 12.7. The van der Waals surface area contributed by atoms with Crippen molar-refractivity contribution in [3.8, 4) is 11.4 Å². The molecule has 17 heavy (non-hydrogen) atoms. The summed E-state index contributed by atoms with van der Waals surface area (Å²) in [5.74, 6) is -0.139. The Labute approximate surface area is 99.8 Å². The quantitative estimate of drug-likeness (QED) is 0.797. The molecule has 0 saturated heterocycles. The lowest BCUT2D eigenvalue weighted by molar-refractivity contribution is 0.577. The second kappa shape index (κ2) is 4.57. The average Bonchev–Trinajstić information content (AvgIpc) is 2.29. The molecule has 88 valence electrons. The number of pyridine rings is 1. The van der Waals surface area contributed by atoms with Gasteiger partial charge in [-0.3, -0.25) is 4.98 Å². The van der Waals surface area contributed by atoms with Crippen LogP contribution in [0.25, 0.3) is 11.4 Å². The van der Waals surface area contributed by atoms with E-state index in [1.165, 1.54) is 11.8 Å². The van der Waals surface area contributed by atoms with Gasteiger partial charge in [-0.15, -0.1) is 0 Å². The molecule has 0 aliphatic carbocycles. The number of aryl methyl sites for hydroxylation is 1. The molecule has 0 N–H and O–H groups in total. The van der Waals surface area contributed by atoms with E-state index in [2.05, 4.69) is 28.8 Å². The molecule has 0 saturated carbocycles. The zero-order chi connectivity index (χ0) is 12.4. The first-order chi connectivity index (χ1) is 8.08. The van der Waals surface area contributed by atoms with E-state index >= 15 is 0 Å². The minimum atomic E-state index is -0.579. The lowest BCUT2D eigenvalue weighted by Crippen LogP contribution is -1.98. The van der Waals surface area contributed by atoms with E-state index in [1.54, 1.807) is 0 Å². The van der Waals surface area contributed by atoms with Crippen molar-refractivity contribution in [1.82, 2.24) is 15.0 Å². The molecule has 0 aliphatic heterocycles. The Balaban J connectivity index is 2.41. The molecule has 0 radical (unpaired) electrons. The van der Waals surface area contributed by atoms with Crippen molar-refractivity contribution >= 4 is 0 Å². The van der Waals surface area contributed by atoms with Crippen LogP contribution in [0.15, 0.2) is 24.5 Å². The Morgan fingerprint density at radius 1 is 1.06 bits per heavy atom. The number of halogens is 1. The Hall–Kier alpha value is -1.84. The highest BCUT2D eigenvalue weighted by Crippen LogP contribution is 2.21. The van der Waals surface area contributed by atoms with Crippen LogP contribution in [0.5, 0.6) is 0 Å². The van der Waals surface area contributed by atoms with E-state index in [-0.39, 0.29) is 0 Å². The first kappa shape index (κ1) is 11.6. The zero-order valence-electron chi connectivity index (χ0n) is 10.1. The zero-order valence-corrected chi connectivity index (χ0v) is 10.1. The summed E-state index contributed by atoms with van der Waals surface area (Å²) in [5, 5.41) is 0. The number of rotatable bonds is 2. The highest BCUT2D eigenvalue weighted by Gasteiger charge is 2.08. The van der Waals surface area contributed by atoms with Crippen LogP contribution in [-0.4, -0.2) is 15.0 Å². The summed E-state index contributed by atoms with van der Waals surface area (Å²) < 4.78 is 12.7. The van der Waals surface area contributed by atoms with Gasteiger partial charge in [-0.1, -0.05) is 19.9 Å². The van der Waals surface area contributed by atoms with Gasteiger partial charge in [0, 0.05) is 5.69 Å². The molecule has 4 heteroatoms. The molecule has 0 atom stereocenters. The predicted molar refractivity (Wildman–Crippen MR) is 64.0 cm³/mol. The van der Waals surface area contributed by atoms with Gasteiger partial charge in [0.25, 0.3) is 0 Å². The fourth-order valence-electron chi connectivity index (χ4n) is 1.77. The van der Waals surface area contributed by atoms with E-state index < -0.39 is 5.95 Å². The second-order valence-corrected chi connectivity index (χ2v) is 4.25. The molecule has 2 heterocycles. The summed E-state index contributed by atoms with van der Waals surface area (Å²) in [7, 11) is 0. The third-order valence-corrected chi connectivity index (χ3v) is 2.63. The molecule has 0 amide bonds. The van der Waals surface area contributed by atoms with Gasteiger partial charge in [0.1, 0.15) is 5.69 Å². The number of aromatic nitrogens is 3. The summed E-state index contributed by atoms with van der Waals surface area (Å²) >= 11 is 0. The van der Waals surface area contributed by atoms with E-state index in [9.17, 15) is 4.39 Å². The standard InChI is InChI=1S/C13H14FN3/c1-8(2)10-4-5-11(17-9(10)3)12-6-16-13(14)7-15-12/h4-8H,1-3H3. The van der Waals surface area contributed by atoms with Gasteiger partial charge in [-0.05, 0) is 24.5 Å². The van der Waals surface area contributed by atoms with Crippen molar-refractivity contribution in [2.45, 2.75) is 26.7 Å². The van der Waals surface area contributed by atoms with Crippen molar-refractivity contribution in [2.24, 2.45) is 0 Å². The largest absolute Gasteiger partial charge is 0.251 e. The first-order valence-electron chi connectivity index (χ1n) is 5.53. The van der Waals surface area contributed by atoms with Gasteiger partial charge >= 0.3 is 0 Å². The summed E-state index contributed by atoms with van der Waals surface area (Å²) in [6.45, 7) is 6.22. The van der Waals surface area contributed by atoms with Gasteiger partial charge in [0.05, 0.1) is 18.1 Å². The van der Waals surface area contributed by atoms with Crippen LogP contribution in [0.1, 0.15) is 31.0 Å². The Bertz CT molecular complexity index is 521. The van der Waals surface area contributed by atoms with Gasteiger partial charge in [0.2, 0.25) is 5.95 Å². The highest BCUT2D eigenvalue weighted by molar-refractivity contribution is 5.53. The first-order valence-corrected chi connectivity index (χ1v) is 5.53. The predicted octanol–water partition coefficient (Wildman–Crippen LogP) is 3.11. The maximum Gasteiger partial charge on any atom is 0.231 e. The molecular weight excluding hydrogens is 217 g/mol. The van der Waals surface area contributed by atoms with Crippen LogP contribution >= 0.6 is 0 Å². The van der Waals surface area contributed by atoms with Crippen molar-refractivity contribution in [1.29, 1.82) is 0 Å². The minimum Gasteiger partial charge on any atom is -0.251 e. The van der Waals surface area contributed by atoms with Crippen LogP contribution in [-0.2, 0) is 0 Å².